The Balaban J connectivity index is 1.71. The van der Waals surface area contributed by atoms with Crippen LogP contribution in [-0.4, -0.2) is 28.7 Å². The first-order valence-electron chi connectivity index (χ1n) is 10.1. The molecule has 0 spiro atoms. The minimum absolute atomic E-state index is 0.311. The lowest BCUT2D eigenvalue weighted by molar-refractivity contribution is 0.0769. The van der Waals surface area contributed by atoms with Gasteiger partial charge in [0.1, 0.15) is 17.1 Å². The molecule has 4 aliphatic rings. The highest BCUT2D eigenvalue weighted by atomic mass is 16.5. The van der Waals surface area contributed by atoms with E-state index in [9.17, 15) is 5.11 Å². The largest absolute Gasteiger partial charge is 0.507 e. The molecule has 1 aromatic rings. The normalized spacial score (nSPS) is 21.2. The van der Waals surface area contributed by atoms with E-state index in [1.807, 2.05) is 6.07 Å². The van der Waals surface area contributed by atoms with Gasteiger partial charge in [0.25, 0.3) is 0 Å². The van der Waals surface area contributed by atoms with Gasteiger partial charge in [0, 0.05) is 13.1 Å². The van der Waals surface area contributed by atoms with Crippen LogP contribution >= 0.6 is 0 Å². The Morgan fingerprint density at radius 1 is 1.16 bits per heavy atom. The summed E-state index contributed by atoms with van der Waals surface area (Å²) < 4.78 is 6.43. The number of piperidine rings is 1. The van der Waals surface area contributed by atoms with Gasteiger partial charge in [0.2, 0.25) is 0 Å². The van der Waals surface area contributed by atoms with Gasteiger partial charge in [0.15, 0.2) is 0 Å². The first-order chi connectivity index (χ1) is 12.0. The molecule has 0 radical (unpaired) electrons. The summed E-state index contributed by atoms with van der Waals surface area (Å²) in [5.74, 6) is 1.88. The summed E-state index contributed by atoms with van der Waals surface area (Å²) in [7, 11) is 0. The van der Waals surface area contributed by atoms with Crippen molar-refractivity contribution in [3.8, 4) is 11.5 Å². The maximum absolute atomic E-state index is 10.8. The van der Waals surface area contributed by atoms with Crippen molar-refractivity contribution in [1.82, 2.24) is 4.90 Å². The van der Waals surface area contributed by atoms with Crippen molar-refractivity contribution in [1.29, 1.82) is 0 Å². The number of benzene rings is 1. The van der Waals surface area contributed by atoms with E-state index >= 15 is 0 Å². The number of phenolic OH excluding ortho intramolecular Hbond substituents is 1. The summed E-state index contributed by atoms with van der Waals surface area (Å²) >= 11 is 0. The van der Waals surface area contributed by atoms with Crippen LogP contribution in [0, 0.1) is 5.92 Å². The fraction of sp³-hybridized carbons (Fsp3) is 0.636. The summed E-state index contributed by atoms with van der Waals surface area (Å²) in [4.78, 5) is 2.48. The molecule has 0 aromatic heterocycles. The van der Waals surface area contributed by atoms with Gasteiger partial charge in [-0.25, -0.2) is 0 Å². The summed E-state index contributed by atoms with van der Waals surface area (Å²) in [5, 5.41) is 10.8. The van der Waals surface area contributed by atoms with Crippen LogP contribution in [-0.2, 0) is 6.42 Å². The van der Waals surface area contributed by atoms with E-state index < -0.39 is 0 Å². The zero-order valence-electron chi connectivity index (χ0n) is 15.9. The molecule has 136 valence electrons. The maximum atomic E-state index is 10.8. The zero-order chi connectivity index (χ0) is 17.6. The molecule has 1 N–H and O–H groups in total. The summed E-state index contributed by atoms with van der Waals surface area (Å²) in [5.41, 5.74) is 4.54. The van der Waals surface area contributed by atoms with Gasteiger partial charge in [-0.3, -0.25) is 0 Å². The average molecular weight is 341 g/mol. The smallest absolute Gasteiger partial charge is 0.143 e. The van der Waals surface area contributed by atoms with Crippen molar-refractivity contribution in [3.63, 3.8) is 0 Å². The Morgan fingerprint density at radius 2 is 1.92 bits per heavy atom. The van der Waals surface area contributed by atoms with Gasteiger partial charge in [-0.15, -0.1) is 0 Å². The van der Waals surface area contributed by atoms with Crippen molar-refractivity contribution in [3.05, 3.63) is 29.0 Å². The van der Waals surface area contributed by atoms with Gasteiger partial charge >= 0.3 is 0 Å². The lowest BCUT2D eigenvalue weighted by Crippen LogP contribution is -2.50. The molecular formula is C22H31NO2. The number of aryl methyl sites for hydroxylation is 1. The monoisotopic (exact) mass is 341 g/mol. The van der Waals surface area contributed by atoms with Crippen LogP contribution in [0.1, 0.15) is 70.4 Å². The molecule has 0 saturated carbocycles. The third-order valence-corrected chi connectivity index (χ3v) is 6.14. The highest BCUT2D eigenvalue weighted by Crippen LogP contribution is 2.54. The first kappa shape index (κ1) is 16.8. The average Bonchev–Trinajstić information content (AvgIpc) is 2.58. The van der Waals surface area contributed by atoms with Crippen LogP contribution in [0.15, 0.2) is 17.8 Å². The number of fused-ring (bicyclic) bond motifs is 3. The van der Waals surface area contributed by atoms with Crippen molar-refractivity contribution in [2.24, 2.45) is 5.92 Å². The molecule has 4 heterocycles. The van der Waals surface area contributed by atoms with Crippen molar-refractivity contribution >= 4 is 5.57 Å². The molecule has 1 saturated heterocycles. The van der Waals surface area contributed by atoms with Crippen LogP contribution in [0.25, 0.3) is 5.57 Å². The van der Waals surface area contributed by atoms with E-state index in [2.05, 4.69) is 31.7 Å². The summed E-state index contributed by atoms with van der Waals surface area (Å²) in [6.07, 6.45) is 8.40. The second-order valence-electron chi connectivity index (χ2n) is 8.43. The van der Waals surface area contributed by atoms with E-state index in [1.165, 1.54) is 55.4 Å². The van der Waals surface area contributed by atoms with Crippen molar-refractivity contribution in [2.45, 2.75) is 71.3 Å². The fourth-order valence-electron chi connectivity index (χ4n) is 5.01. The molecule has 1 aromatic carbocycles. The summed E-state index contributed by atoms with van der Waals surface area (Å²) in [6.45, 7) is 8.84. The molecule has 0 aliphatic carbocycles. The molecule has 4 aliphatic heterocycles. The Kier molecular flexibility index (Phi) is 4.21. The second kappa shape index (κ2) is 6.26. The van der Waals surface area contributed by atoms with Crippen LogP contribution in [0.4, 0.5) is 0 Å². The minimum atomic E-state index is -0.311. The zero-order valence-corrected chi connectivity index (χ0v) is 15.9. The Labute approximate surface area is 151 Å². The lowest BCUT2D eigenvalue weighted by atomic mass is 9.74. The van der Waals surface area contributed by atoms with Gasteiger partial charge < -0.3 is 14.7 Å². The SMILES string of the molecule is CCCCCCc1cc(O)c2c(c1)OC(C)(C)C1=C2C2CCN1CC2. The minimum Gasteiger partial charge on any atom is -0.507 e. The lowest BCUT2D eigenvalue weighted by Gasteiger charge is -2.51. The number of rotatable bonds is 5. The molecule has 2 bridgehead atoms. The molecule has 0 amide bonds. The van der Waals surface area contributed by atoms with Crippen LogP contribution in [0.5, 0.6) is 11.5 Å². The molecule has 1 fully saturated rings. The number of hydrogen-bond acceptors (Lipinski definition) is 3. The van der Waals surface area contributed by atoms with E-state index in [1.54, 1.807) is 0 Å². The first-order valence-corrected chi connectivity index (χ1v) is 10.1. The van der Waals surface area contributed by atoms with Crippen molar-refractivity contribution < 1.29 is 9.84 Å². The van der Waals surface area contributed by atoms with E-state index in [4.69, 9.17) is 4.74 Å². The molecule has 5 rings (SSSR count). The topological polar surface area (TPSA) is 32.7 Å². The van der Waals surface area contributed by atoms with Gasteiger partial charge in [-0.05, 0) is 68.7 Å². The van der Waals surface area contributed by atoms with Crippen LogP contribution in [0.2, 0.25) is 0 Å². The number of aromatic hydroxyl groups is 1. The predicted molar refractivity (Wildman–Crippen MR) is 102 cm³/mol. The van der Waals surface area contributed by atoms with Crippen LogP contribution in [0.3, 0.4) is 0 Å². The number of phenols is 1. The molecule has 0 unspecified atom stereocenters. The predicted octanol–water partition coefficient (Wildman–Crippen LogP) is 5.12. The number of nitrogens with zero attached hydrogens (tertiary/aromatic N) is 1. The second-order valence-corrected chi connectivity index (χ2v) is 8.43. The highest BCUT2D eigenvalue weighted by molar-refractivity contribution is 5.82. The number of allylic oxidation sites excluding steroid dienone is 1. The number of unbranched alkanes of at least 4 members (excludes halogenated alkanes) is 3. The van der Waals surface area contributed by atoms with Gasteiger partial charge in [-0.1, -0.05) is 26.2 Å². The Morgan fingerprint density at radius 3 is 2.64 bits per heavy atom. The standard InChI is InChI=1S/C22H31NO2/c1-4-5-6-7-8-15-13-17(24)20-18(14-15)25-22(2,3)21-19(20)16-9-11-23(21)12-10-16/h13-14,16,24H,4-12H2,1-3H3. The third-order valence-electron chi connectivity index (χ3n) is 6.14. The van der Waals surface area contributed by atoms with Crippen LogP contribution < -0.4 is 4.74 Å². The molecule has 3 nitrogen and oxygen atoms in total. The van der Waals surface area contributed by atoms with Crippen molar-refractivity contribution in [2.75, 3.05) is 13.1 Å². The van der Waals surface area contributed by atoms with Gasteiger partial charge in [0.05, 0.1) is 11.3 Å². The quantitative estimate of drug-likeness (QED) is 0.754. The van der Waals surface area contributed by atoms with E-state index in [0.29, 0.717) is 11.7 Å². The summed E-state index contributed by atoms with van der Waals surface area (Å²) in [6, 6.07) is 4.17. The fourth-order valence-corrected chi connectivity index (χ4v) is 5.01. The Hall–Kier alpha value is -1.64. The molecule has 0 atom stereocenters. The number of hydrogen-bond donors (Lipinski definition) is 1. The van der Waals surface area contributed by atoms with Gasteiger partial charge in [-0.2, -0.15) is 0 Å². The van der Waals surface area contributed by atoms with E-state index in [-0.39, 0.29) is 5.60 Å². The molecular weight excluding hydrogens is 310 g/mol. The maximum Gasteiger partial charge on any atom is 0.143 e. The van der Waals surface area contributed by atoms with E-state index in [0.717, 1.165) is 30.8 Å². The molecule has 3 heteroatoms. The highest BCUT2D eigenvalue weighted by Gasteiger charge is 2.46. The number of ether oxygens (including phenoxy) is 1. The Bertz CT molecular complexity index is 696. The molecule has 25 heavy (non-hydrogen) atoms. The third kappa shape index (κ3) is 2.82.